The lowest BCUT2D eigenvalue weighted by Crippen LogP contribution is -2.21. The number of hydrogen-bond acceptors (Lipinski definition) is 7. The minimum absolute atomic E-state index is 0.0773. The minimum atomic E-state index is -0.737. The molecule has 0 aliphatic carbocycles. The maximum atomic E-state index is 12.5. The van der Waals surface area contributed by atoms with Crippen LogP contribution in [-0.4, -0.2) is 28.0 Å². The normalized spacial score (nSPS) is 10.6. The second-order valence-corrected chi connectivity index (χ2v) is 5.99. The van der Waals surface area contributed by atoms with E-state index in [-0.39, 0.29) is 12.4 Å². The van der Waals surface area contributed by atoms with E-state index in [1.54, 1.807) is 37.4 Å². The van der Waals surface area contributed by atoms with Crippen LogP contribution >= 0.6 is 0 Å². The maximum Gasteiger partial charge on any atom is 0.376 e. The molecule has 1 N–H and O–H groups in total. The first-order valence-electron chi connectivity index (χ1n) is 8.74. The van der Waals surface area contributed by atoms with Gasteiger partial charge in [0.1, 0.15) is 5.65 Å². The van der Waals surface area contributed by atoms with Crippen molar-refractivity contribution < 1.29 is 14.4 Å². The number of fused-ring (bicyclic) bond motifs is 1. The molecule has 0 saturated heterocycles. The Hall–Kier alpha value is -3.62. The Morgan fingerprint density at radius 3 is 2.79 bits per heavy atom. The van der Waals surface area contributed by atoms with Gasteiger partial charge in [-0.25, -0.2) is 4.98 Å². The molecule has 146 valence electrons. The quantitative estimate of drug-likeness (QED) is 0.470. The molecule has 28 heavy (non-hydrogen) atoms. The van der Waals surface area contributed by atoms with Crippen molar-refractivity contribution in [1.29, 1.82) is 0 Å². The van der Waals surface area contributed by atoms with Gasteiger partial charge < -0.3 is 14.8 Å². The maximum absolute atomic E-state index is 12.5. The lowest BCUT2D eigenvalue weighted by Gasteiger charge is -2.12. The summed E-state index contributed by atoms with van der Waals surface area (Å²) in [6.45, 7) is 2.81. The number of methoxy groups -OCH3 is 1. The van der Waals surface area contributed by atoms with E-state index in [1.807, 2.05) is 13.0 Å². The van der Waals surface area contributed by atoms with E-state index in [1.165, 1.54) is 6.20 Å². The predicted octanol–water partition coefficient (Wildman–Crippen LogP) is 3.01. The van der Waals surface area contributed by atoms with Crippen molar-refractivity contribution in [3.05, 3.63) is 68.6 Å². The summed E-state index contributed by atoms with van der Waals surface area (Å²) >= 11 is 0. The van der Waals surface area contributed by atoms with Crippen molar-refractivity contribution in [1.82, 2.24) is 9.38 Å². The van der Waals surface area contributed by atoms with Crippen LogP contribution in [0.3, 0.4) is 0 Å². The summed E-state index contributed by atoms with van der Waals surface area (Å²) in [6.07, 6.45) is 2.32. The van der Waals surface area contributed by atoms with Crippen LogP contribution in [0, 0.1) is 10.1 Å². The standard InChI is InChI=1S/C19H20N4O5/c1-3-10-28-14-8-7-13(11-15(14)27-2)12-20-18-17(23(25)26)19(24)22-9-5-4-6-16(22)21-18/h4-9,11,20H,3,10,12H2,1-2H3. The third-order valence-corrected chi connectivity index (χ3v) is 4.04. The number of anilines is 1. The highest BCUT2D eigenvalue weighted by Gasteiger charge is 2.23. The Morgan fingerprint density at radius 2 is 2.07 bits per heavy atom. The molecule has 0 spiro atoms. The van der Waals surface area contributed by atoms with E-state index >= 15 is 0 Å². The molecule has 9 nitrogen and oxygen atoms in total. The summed E-state index contributed by atoms with van der Waals surface area (Å²) < 4.78 is 12.1. The molecule has 2 heterocycles. The summed E-state index contributed by atoms with van der Waals surface area (Å²) in [5, 5.41) is 14.3. The molecule has 1 aromatic carbocycles. The third kappa shape index (κ3) is 3.88. The minimum Gasteiger partial charge on any atom is -0.493 e. The molecular formula is C19H20N4O5. The molecule has 0 aliphatic heterocycles. The van der Waals surface area contributed by atoms with Crippen LogP contribution in [0.25, 0.3) is 5.65 Å². The molecule has 0 radical (unpaired) electrons. The third-order valence-electron chi connectivity index (χ3n) is 4.04. The Morgan fingerprint density at radius 1 is 1.25 bits per heavy atom. The van der Waals surface area contributed by atoms with Gasteiger partial charge in [-0.15, -0.1) is 0 Å². The van der Waals surface area contributed by atoms with Crippen molar-refractivity contribution >= 4 is 17.2 Å². The van der Waals surface area contributed by atoms with Crippen molar-refractivity contribution in [2.45, 2.75) is 19.9 Å². The van der Waals surface area contributed by atoms with E-state index in [9.17, 15) is 14.9 Å². The van der Waals surface area contributed by atoms with E-state index in [0.29, 0.717) is 23.8 Å². The van der Waals surface area contributed by atoms with E-state index in [4.69, 9.17) is 9.47 Å². The van der Waals surface area contributed by atoms with Gasteiger partial charge in [-0.05, 0) is 36.2 Å². The lowest BCUT2D eigenvalue weighted by molar-refractivity contribution is -0.385. The van der Waals surface area contributed by atoms with Crippen molar-refractivity contribution in [2.75, 3.05) is 19.0 Å². The van der Waals surface area contributed by atoms with E-state index in [2.05, 4.69) is 10.3 Å². The highest BCUT2D eigenvalue weighted by molar-refractivity contribution is 5.60. The Balaban J connectivity index is 1.90. The molecule has 2 aromatic heterocycles. The van der Waals surface area contributed by atoms with Crippen LogP contribution in [0.15, 0.2) is 47.4 Å². The molecule has 0 bridgehead atoms. The number of benzene rings is 1. The Bertz CT molecular complexity index is 1060. The van der Waals surface area contributed by atoms with Gasteiger partial charge in [-0.3, -0.25) is 19.3 Å². The molecule has 3 rings (SSSR count). The van der Waals surface area contributed by atoms with Crippen LogP contribution in [0.1, 0.15) is 18.9 Å². The second kappa shape index (κ2) is 8.38. The molecule has 3 aromatic rings. The summed E-state index contributed by atoms with van der Waals surface area (Å²) in [5.41, 5.74) is -0.218. The van der Waals surface area contributed by atoms with Crippen LogP contribution in [-0.2, 0) is 6.54 Å². The van der Waals surface area contributed by atoms with E-state index in [0.717, 1.165) is 16.4 Å². The number of pyridine rings is 1. The molecule has 9 heteroatoms. The molecule has 0 aliphatic rings. The number of nitro groups is 1. The van der Waals surface area contributed by atoms with Gasteiger partial charge in [0.25, 0.3) is 0 Å². The van der Waals surface area contributed by atoms with Crippen LogP contribution in [0.4, 0.5) is 11.5 Å². The van der Waals surface area contributed by atoms with Crippen LogP contribution in [0.5, 0.6) is 11.5 Å². The SMILES string of the molecule is CCCOc1ccc(CNc2nc3ccccn3c(=O)c2[N+](=O)[O-])cc1OC. The predicted molar refractivity (Wildman–Crippen MR) is 104 cm³/mol. The summed E-state index contributed by atoms with van der Waals surface area (Å²) in [6, 6.07) is 10.3. The van der Waals surface area contributed by atoms with Crippen molar-refractivity contribution in [3.8, 4) is 11.5 Å². The van der Waals surface area contributed by atoms with Gasteiger partial charge in [-0.2, -0.15) is 0 Å². The number of rotatable bonds is 8. The highest BCUT2D eigenvalue weighted by Crippen LogP contribution is 2.29. The van der Waals surface area contributed by atoms with Crippen LogP contribution < -0.4 is 20.3 Å². The average Bonchev–Trinajstić information content (AvgIpc) is 2.70. The average molecular weight is 384 g/mol. The van der Waals surface area contributed by atoms with Gasteiger partial charge >= 0.3 is 11.2 Å². The van der Waals surface area contributed by atoms with Gasteiger partial charge in [0.15, 0.2) is 11.5 Å². The van der Waals surface area contributed by atoms with Gasteiger partial charge in [0, 0.05) is 12.7 Å². The molecule has 0 unspecified atom stereocenters. The summed E-state index contributed by atoms with van der Waals surface area (Å²) in [4.78, 5) is 27.4. The zero-order valence-corrected chi connectivity index (χ0v) is 15.5. The molecule has 0 saturated carbocycles. The fraction of sp³-hybridized carbons (Fsp3) is 0.263. The molecule has 0 amide bonds. The van der Waals surface area contributed by atoms with Gasteiger partial charge in [-0.1, -0.05) is 19.1 Å². The first kappa shape index (κ1) is 19.2. The van der Waals surface area contributed by atoms with Gasteiger partial charge in [0.2, 0.25) is 5.82 Å². The first-order chi connectivity index (χ1) is 13.5. The monoisotopic (exact) mass is 384 g/mol. The summed E-state index contributed by atoms with van der Waals surface area (Å²) in [5.74, 6) is 1.11. The van der Waals surface area contributed by atoms with Crippen LogP contribution in [0.2, 0.25) is 0 Å². The number of ether oxygens (including phenoxy) is 2. The lowest BCUT2D eigenvalue weighted by atomic mass is 10.2. The van der Waals surface area contributed by atoms with Gasteiger partial charge in [0.05, 0.1) is 18.6 Å². The number of hydrogen-bond donors (Lipinski definition) is 1. The smallest absolute Gasteiger partial charge is 0.376 e. The topological polar surface area (TPSA) is 108 Å². The fourth-order valence-electron chi connectivity index (χ4n) is 2.71. The highest BCUT2D eigenvalue weighted by atomic mass is 16.6. The zero-order chi connectivity index (χ0) is 20.1. The fourth-order valence-corrected chi connectivity index (χ4v) is 2.71. The largest absolute Gasteiger partial charge is 0.493 e. The Kier molecular flexibility index (Phi) is 5.73. The van der Waals surface area contributed by atoms with Crippen molar-refractivity contribution in [3.63, 3.8) is 0 Å². The molecular weight excluding hydrogens is 364 g/mol. The molecule has 0 atom stereocenters. The second-order valence-electron chi connectivity index (χ2n) is 5.99. The number of nitrogens with zero attached hydrogens (tertiary/aromatic N) is 3. The van der Waals surface area contributed by atoms with E-state index < -0.39 is 16.2 Å². The first-order valence-corrected chi connectivity index (χ1v) is 8.74. The van der Waals surface area contributed by atoms with Crippen molar-refractivity contribution in [2.24, 2.45) is 0 Å². The molecule has 0 fully saturated rings. The zero-order valence-electron chi connectivity index (χ0n) is 15.5. The number of nitrogens with one attached hydrogen (secondary N) is 1. The Labute approximate surface area is 160 Å². The number of aromatic nitrogens is 2. The summed E-state index contributed by atoms with van der Waals surface area (Å²) in [7, 11) is 1.54.